The summed E-state index contributed by atoms with van der Waals surface area (Å²) in [5.41, 5.74) is 7.07. The first kappa shape index (κ1) is 20.4. The van der Waals surface area contributed by atoms with Gasteiger partial charge in [-0.2, -0.15) is 0 Å². The van der Waals surface area contributed by atoms with Gasteiger partial charge in [0, 0.05) is 22.2 Å². The van der Waals surface area contributed by atoms with Gasteiger partial charge in [0.05, 0.1) is 17.4 Å². The molecule has 0 radical (unpaired) electrons. The first-order valence-corrected chi connectivity index (χ1v) is 11.9. The lowest BCUT2D eigenvalue weighted by atomic mass is 9.78. The van der Waals surface area contributed by atoms with Gasteiger partial charge in [-0.25, -0.2) is 0 Å². The van der Waals surface area contributed by atoms with Crippen LogP contribution in [-0.4, -0.2) is 12.6 Å². The zero-order chi connectivity index (χ0) is 22.5. The number of carbonyl (C=O) groups is 1. The standard InChI is InChI=1S/C27H23BrN2O3/c1-15-6-8-16(9-7-15)17-10-22-26(23(31)11-17)27(30-21-5-3-2-4-20(21)29-22)18-12-24-25(13-19(18)28)33-14-32-24/h2-9,12-13,17,27,29-30H,10-11,14H2,1H3/t17-,27-/m1/s1. The number of anilines is 2. The first-order valence-electron chi connectivity index (χ1n) is 11.1. The van der Waals surface area contributed by atoms with Crippen molar-refractivity contribution < 1.29 is 14.3 Å². The Bertz CT molecular complexity index is 1300. The van der Waals surface area contributed by atoms with Crippen LogP contribution in [0.1, 0.15) is 41.5 Å². The highest BCUT2D eigenvalue weighted by Gasteiger charge is 2.37. The van der Waals surface area contributed by atoms with Crippen LogP contribution in [-0.2, 0) is 4.79 Å². The molecule has 0 bridgehead atoms. The van der Waals surface area contributed by atoms with Gasteiger partial charge in [-0.3, -0.25) is 4.79 Å². The van der Waals surface area contributed by atoms with Crippen LogP contribution in [0.2, 0.25) is 0 Å². The second kappa shape index (κ2) is 7.96. The Morgan fingerprint density at radius 2 is 1.67 bits per heavy atom. The molecule has 3 aromatic carbocycles. The highest BCUT2D eigenvalue weighted by molar-refractivity contribution is 9.10. The molecule has 0 saturated heterocycles. The van der Waals surface area contributed by atoms with E-state index < -0.39 is 0 Å². The predicted octanol–water partition coefficient (Wildman–Crippen LogP) is 6.47. The number of aryl methyl sites for hydroxylation is 1. The average molecular weight is 503 g/mol. The van der Waals surface area contributed by atoms with E-state index in [1.807, 2.05) is 36.4 Å². The van der Waals surface area contributed by atoms with Crippen LogP contribution in [0, 0.1) is 6.92 Å². The number of nitrogens with one attached hydrogen (secondary N) is 2. The van der Waals surface area contributed by atoms with Crippen molar-refractivity contribution in [2.24, 2.45) is 0 Å². The molecular formula is C27H23BrN2O3. The molecule has 1 aliphatic carbocycles. The molecule has 5 nitrogen and oxygen atoms in total. The molecule has 2 N–H and O–H groups in total. The lowest BCUT2D eigenvalue weighted by Crippen LogP contribution is -2.27. The number of ether oxygens (including phenoxy) is 2. The van der Waals surface area contributed by atoms with Crippen LogP contribution in [0.5, 0.6) is 11.5 Å². The Balaban J connectivity index is 1.47. The molecule has 0 amide bonds. The minimum absolute atomic E-state index is 0.149. The van der Waals surface area contributed by atoms with E-state index in [-0.39, 0.29) is 24.5 Å². The van der Waals surface area contributed by atoms with Crippen LogP contribution in [0.25, 0.3) is 0 Å². The van der Waals surface area contributed by atoms with Gasteiger partial charge in [-0.15, -0.1) is 0 Å². The van der Waals surface area contributed by atoms with Crippen LogP contribution in [0.3, 0.4) is 0 Å². The molecule has 0 aromatic heterocycles. The first-order chi connectivity index (χ1) is 16.1. The topological polar surface area (TPSA) is 59.6 Å². The fourth-order valence-corrected chi connectivity index (χ4v) is 5.51. The summed E-state index contributed by atoms with van der Waals surface area (Å²) in [6, 6.07) is 20.2. The SMILES string of the molecule is Cc1ccc([C@H]2CC(=O)C3=C(C2)Nc2ccccc2N[C@@H]3c2cc3c(cc2Br)OCO3)cc1. The number of hydrogen-bond acceptors (Lipinski definition) is 5. The van der Waals surface area contributed by atoms with E-state index in [1.165, 1.54) is 11.1 Å². The number of ketones is 1. The van der Waals surface area contributed by atoms with Crippen molar-refractivity contribution in [3.8, 4) is 11.5 Å². The number of Topliss-reactive ketones (excluding diaryl/α,β-unsaturated/α-hetero) is 1. The molecule has 2 atom stereocenters. The number of para-hydroxylation sites is 2. The zero-order valence-electron chi connectivity index (χ0n) is 18.2. The highest BCUT2D eigenvalue weighted by atomic mass is 79.9. The van der Waals surface area contributed by atoms with Gasteiger partial charge >= 0.3 is 0 Å². The molecule has 0 unspecified atom stereocenters. The van der Waals surface area contributed by atoms with Crippen LogP contribution >= 0.6 is 15.9 Å². The minimum Gasteiger partial charge on any atom is -0.454 e. The normalized spacial score (nSPS) is 21.0. The predicted molar refractivity (Wildman–Crippen MR) is 132 cm³/mol. The number of hydrogen-bond donors (Lipinski definition) is 2. The summed E-state index contributed by atoms with van der Waals surface area (Å²) in [5, 5.41) is 7.23. The second-order valence-corrected chi connectivity index (χ2v) is 9.66. The van der Waals surface area contributed by atoms with Gasteiger partial charge in [0.25, 0.3) is 0 Å². The molecule has 0 spiro atoms. The largest absolute Gasteiger partial charge is 0.454 e. The number of allylic oxidation sites excluding steroid dienone is 1. The summed E-state index contributed by atoms with van der Waals surface area (Å²) in [6.45, 7) is 2.29. The quantitative estimate of drug-likeness (QED) is 0.420. The lowest BCUT2D eigenvalue weighted by molar-refractivity contribution is -0.116. The minimum atomic E-state index is -0.313. The van der Waals surface area contributed by atoms with Crippen molar-refractivity contribution >= 4 is 33.1 Å². The zero-order valence-corrected chi connectivity index (χ0v) is 19.7. The number of halogens is 1. The van der Waals surface area contributed by atoms with Crippen molar-refractivity contribution in [1.29, 1.82) is 0 Å². The summed E-state index contributed by atoms with van der Waals surface area (Å²) < 4.78 is 12.1. The maximum absolute atomic E-state index is 13.7. The second-order valence-electron chi connectivity index (χ2n) is 8.81. The summed E-state index contributed by atoms with van der Waals surface area (Å²) in [5.74, 6) is 1.71. The third kappa shape index (κ3) is 3.59. The van der Waals surface area contributed by atoms with E-state index >= 15 is 0 Å². The van der Waals surface area contributed by atoms with Crippen molar-refractivity contribution in [2.45, 2.75) is 31.7 Å². The Kier molecular flexibility index (Phi) is 4.91. The van der Waals surface area contributed by atoms with Crippen molar-refractivity contribution in [1.82, 2.24) is 0 Å². The maximum Gasteiger partial charge on any atom is 0.231 e. The van der Waals surface area contributed by atoms with Gasteiger partial charge < -0.3 is 20.1 Å². The van der Waals surface area contributed by atoms with E-state index in [1.54, 1.807) is 0 Å². The van der Waals surface area contributed by atoms with Crippen molar-refractivity contribution in [2.75, 3.05) is 17.4 Å². The van der Waals surface area contributed by atoms with E-state index in [0.29, 0.717) is 17.9 Å². The molecule has 3 aliphatic rings. The molecule has 0 saturated carbocycles. The van der Waals surface area contributed by atoms with Crippen molar-refractivity contribution in [3.05, 3.63) is 93.1 Å². The molecule has 2 heterocycles. The van der Waals surface area contributed by atoms with E-state index in [0.717, 1.165) is 39.1 Å². The van der Waals surface area contributed by atoms with E-state index in [4.69, 9.17) is 9.47 Å². The van der Waals surface area contributed by atoms with Gasteiger partial charge in [0.1, 0.15) is 0 Å². The number of carbonyl (C=O) groups excluding carboxylic acids is 1. The Hall–Kier alpha value is -3.25. The van der Waals surface area contributed by atoms with E-state index in [2.05, 4.69) is 57.8 Å². The maximum atomic E-state index is 13.7. The van der Waals surface area contributed by atoms with Gasteiger partial charge in [-0.05, 0) is 54.7 Å². The van der Waals surface area contributed by atoms with Gasteiger partial charge in [0.15, 0.2) is 17.3 Å². The average Bonchev–Trinajstić information content (AvgIpc) is 3.18. The third-order valence-electron chi connectivity index (χ3n) is 6.66. The summed E-state index contributed by atoms with van der Waals surface area (Å²) >= 11 is 3.71. The van der Waals surface area contributed by atoms with Gasteiger partial charge in [0.2, 0.25) is 6.79 Å². The third-order valence-corrected chi connectivity index (χ3v) is 7.35. The molecule has 6 heteroatoms. The summed E-state index contributed by atoms with van der Waals surface area (Å²) in [4.78, 5) is 13.7. The number of rotatable bonds is 2. The monoisotopic (exact) mass is 502 g/mol. The van der Waals surface area contributed by atoms with E-state index in [9.17, 15) is 4.79 Å². The molecule has 0 fully saturated rings. The molecule has 2 aliphatic heterocycles. The lowest BCUT2D eigenvalue weighted by Gasteiger charge is -2.30. The number of fused-ring (bicyclic) bond motifs is 2. The Labute approximate surface area is 200 Å². The fourth-order valence-electron chi connectivity index (χ4n) is 4.95. The Morgan fingerprint density at radius 1 is 0.939 bits per heavy atom. The number of benzene rings is 3. The molecular weight excluding hydrogens is 480 g/mol. The smallest absolute Gasteiger partial charge is 0.231 e. The van der Waals surface area contributed by atoms with Gasteiger partial charge in [-0.1, -0.05) is 57.9 Å². The van der Waals surface area contributed by atoms with Crippen molar-refractivity contribution in [3.63, 3.8) is 0 Å². The Morgan fingerprint density at radius 3 is 2.45 bits per heavy atom. The molecule has 6 rings (SSSR count). The van der Waals surface area contributed by atoms with Crippen LogP contribution in [0.4, 0.5) is 11.4 Å². The van der Waals surface area contributed by atoms with Crippen LogP contribution < -0.4 is 20.1 Å². The molecule has 33 heavy (non-hydrogen) atoms. The summed E-state index contributed by atoms with van der Waals surface area (Å²) in [6.07, 6.45) is 1.26. The highest BCUT2D eigenvalue weighted by Crippen LogP contribution is 2.47. The molecule has 166 valence electrons. The van der Waals surface area contributed by atoms with Crippen LogP contribution in [0.15, 0.2) is 76.4 Å². The summed E-state index contributed by atoms with van der Waals surface area (Å²) in [7, 11) is 0. The fraction of sp³-hybridized carbons (Fsp3) is 0.222. The molecule has 3 aromatic rings.